The van der Waals surface area contributed by atoms with E-state index in [9.17, 15) is 13.2 Å². The molecule has 5 heteroatoms. The summed E-state index contributed by atoms with van der Waals surface area (Å²) in [6, 6.07) is 20.7. The molecule has 0 radical (unpaired) electrons. The maximum atomic E-state index is 12.4. The SMILES string of the molecule is CC(OS(=O)(=O)c1ccc2ccccc2c1)C(=O)c1ccccc1. The van der Waals surface area contributed by atoms with Crippen LogP contribution in [0.1, 0.15) is 17.3 Å². The average Bonchev–Trinajstić information content (AvgIpc) is 2.61. The molecule has 0 aliphatic carbocycles. The molecule has 0 heterocycles. The second kappa shape index (κ2) is 6.55. The maximum Gasteiger partial charge on any atom is 0.297 e. The molecule has 0 saturated carbocycles. The van der Waals surface area contributed by atoms with Gasteiger partial charge in [-0.15, -0.1) is 0 Å². The highest BCUT2D eigenvalue weighted by molar-refractivity contribution is 7.86. The topological polar surface area (TPSA) is 60.4 Å². The number of ketones is 1. The molecule has 1 atom stereocenters. The Balaban J connectivity index is 1.85. The van der Waals surface area contributed by atoms with E-state index in [1.54, 1.807) is 42.5 Å². The van der Waals surface area contributed by atoms with Crippen LogP contribution in [0.4, 0.5) is 0 Å². The van der Waals surface area contributed by atoms with E-state index in [1.807, 2.05) is 24.3 Å². The molecule has 0 aliphatic rings. The maximum absolute atomic E-state index is 12.4. The van der Waals surface area contributed by atoms with E-state index in [-0.39, 0.29) is 10.7 Å². The van der Waals surface area contributed by atoms with Crippen molar-refractivity contribution in [1.82, 2.24) is 0 Å². The minimum atomic E-state index is -4.02. The van der Waals surface area contributed by atoms with Crippen molar-refractivity contribution < 1.29 is 17.4 Å². The Morgan fingerprint density at radius 3 is 2.21 bits per heavy atom. The number of fused-ring (bicyclic) bond motifs is 1. The number of hydrogen-bond donors (Lipinski definition) is 0. The first-order chi connectivity index (χ1) is 11.5. The van der Waals surface area contributed by atoms with Crippen LogP contribution < -0.4 is 0 Å². The molecule has 24 heavy (non-hydrogen) atoms. The van der Waals surface area contributed by atoms with Crippen LogP contribution in [0.5, 0.6) is 0 Å². The van der Waals surface area contributed by atoms with Gasteiger partial charge in [-0.2, -0.15) is 8.42 Å². The highest BCUT2D eigenvalue weighted by atomic mass is 32.2. The van der Waals surface area contributed by atoms with Gasteiger partial charge in [-0.25, -0.2) is 0 Å². The largest absolute Gasteiger partial charge is 0.297 e. The van der Waals surface area contributed by atoms with Crippen molar-refractivity contribution >= 4 is 26.7 Å². The van der Waals surface area contributed by atoms with Crippen LogP contribution in [0.15, 0.2) is 77.7 Å². The molecule has 0 fully saturated rings. The molecule has 0 spiro atoms. The van der Waals surface area contributed by atoms with E-state index in [2.05, 4.69) is 0 Å². The summed E-state index contributed by atoms with van der Waals surface area (Å²) in [5, 5.41) is 1.73. The lowest BCUT2D eigenvalue weighted by molar-refractivity contribution is 0.0826. The number of carbonyl (C=O) groups excluding carboxylic acids is 1. The summed E-state index contributed by atoms with van der Waals surface area (Å²) in [6.45, 7) is 1.44. The van der Waals surface area contributed by atoms with E-state index in [0.29, 0.717) is 5.56 Å². The van der Waals surface area contributed by atoms with Crippen LogP contribution in [-0.4, -0.2) is 20.3 Å². The molecule has 0 amide bonds. The standard InChI is InChI=1S/C19H16O4S/c1-14(19(20)16-8-3-2-4-9-16)23-24(21,22)18-12-11-15-7-5-6-10-17(15)13-18/h2-14H,1H3. The molecule has 4 nitrogen and oxygen atoms in total. The van der Waals surface area contributed by atoms with Crippen molar-refractivity contribution in [3.8, 4) is 0 Å². The van der Waals surface area contributed by atoms with Crippen molar-refractivity contribution in [2.24, 2.45) is 0 Å². The van der Waals surface area contributed by atoms with Gasteiger partial charge in [0, 0.05) is 5.56 Å². The Kier molecular flexibility index (Phi) is 4.46. The molecule has 122 valence electrons. The van der Waals surface area contributed by atoms with Crippen molar-refractivity contribution in [3.05, 3.63) is 78.4 Å². The summed E-state index contributed by atoms with van der Waals surface area (Å²) in [5.41, 5.74) is 0.415. The summed E-state index contributed by atoms with van der Waals surface area (Å²) in [7, 11) is -4.02. The van der Waals surface area contributed by atoms with Crippen LogP contribution in [0.2, 0.25) is 0 Å². The van der Waals surface area contributed by atoms with Crippen LogP contribution in [-0.2, 0) is 14.3 Å². The lowest BCUT2D eigenvalue weighted by Crippen LogP contribution is -2.24. The van der Waals surface area contributed by atoms with E-state index in [4.69, 9.17) is 4.18 Å². The lowest BCUT2D eigenvalue weighted by Gasteiger charge is -2.12. The van der Waals surface area contributed by atoms with Gasteiger partial charge in [-0.1, -0.05) is 60.7 Å². The molecule has 0 aromatic heterocycles. The number of carbonyl (C=O) groups is 1. The summed E-state index contributed by atoms with van der Waals surface area (Å²) in [6.07, 6.45) is -1.09. The van der Waals surface area contributed by atoms with Gasteiger partial charge in [-0.3, -0.25) is 8.98 Å². The predicted molar refractivity (Wildman–Crippen MR) is 92.5 cm³/mol. The molecular weight excluding hydrogens is 324 g/mol. The van der Waals surface area contributed by atoms with E-state index < -0.39 is 16.2 Å². The molecule has 0 N–H and O–H groups in total. The highest BCUT2D eigenvalue weighted by Gasteiger charge is 2.24. The summed E-state index contributed by atoms with van der Waals surface area (Å²) >= 11 is 0. The monoisotopic (exact) mass is 340 g/mol. The minimum absolute atomic E-state index is 0.0360. The Labute approximate surface area is 140 Å². The molecule has 0 saturated heterocycles. The van der Waals surface area contributed by atoms with Crippen molar-refractivity contribution in [2.75, 3.05) is 0 Å². The summed E-state index contributed by atoms with van der Waals surface area (Å²) in [5.74, 6) is -0.375. The molecule has 3 aromatic rings. The minimum Gasteiger partial charge on any atom is -0.291 e. The third-order valence-electron chi connectivity index (χ3n) is 3.71. The zero-order chi connectivity index (χ0) is 17.2. The Morgan fingerprint density at radius 1 is 0.875 bits per heavy atom. The molecule has 3 aromatic carbocycles. The lowest BCUT2D eigenvalue weighted by atomic mass is 10.1. The zero-order valence-corrected chi connectivity index (χ0v) is 13.9. The third-order valence-corrected chi connectivity index (χ3v) is 5.08. The zero-order valence-electron chi connectivity index (χ0n) is 13.0. The third kappa shape index (κ3) is 3.37. The fraction of sp³-hybridized carbons (Fsp3) is 0.105. The number of benzene rings is 3. The first kappa shape index (κ1) is 16.4. The fourth-order valence-corrected chi connectivity index (χ4v) is 3.53. The van der Waals surface area contributed by atoms with E-state index in [1.165, 1.54) is 13.0 Å². The van der Waals surface area contributed by atoms with Gasteiger partial charge in [0.2, 0.25) is 0 Å². The first-order valence-corrected chi connectivity index (χ1v) is 8.89. The van der Waals surface area contributed by atoms with Crippen molar-refractivity contribution in [1.29, 1.82) is 0 Å². The van der Waals surface area contributed by atoms with Crippen LogP contribution in [0, 0.1) is 0 Å². The molecule has 0 bridgehead atoms. The van der Waals surface area contributed by atoms with Gasteiger partial charge in [0.05, 0.1) is 4.90 Å². The molecule has 1 unspecified atom stereocenters. The normalized spacial score (nSPS) is 12.9. The Hall–Kier alpha value is -2.50. The number of rotatable bonds is 5. The second-order valence-corrected chi connectivity index (χ2v) is 7.00. The summed E-state index contributed by atoms with van der Waals surface area (Å²) < 4.78 is 30.0. The van der Waals surface area contributed by atoms with Gasteiger partial charge in [-0.05, 0) is 29.8 Å². The van der Waals surface area contributed by atoms with Gasteiger partial charge in [0.25, 0.3) is 10.1 Å². The van der Waals surface area contributed by atoms with Crippen LogP contribution >= 0.6 is 0 Å². The van der Waals surface area contributed by atoms with Gasteiger partial charge >= 0.3 is 0 Å². The Bertz CT molecular complexity index is 978. The van der Waals surface area contributed by atoms with Gasteiger partial charge < -0.3 is 0 Å². The van der Waals surface area contributed by atoms with Crippen molar-refractivity contribution in [3.63, 3.8) is 0 Å². The van der Waals surface area contributed by atoms with Crippen LogP contribution in [0.3, 0.4) is 0 Å². The predicted octanol–water partition coefficient (Wildman–Crippen LogP) is 3.82. The number of Topliss-reactive ketones (excluding diaryl/α,β-unsaturated/α-hetero) is 1. The first-order valence-electron chi connectivity index (χ1n) is 7.49. The number of hydrogen-bond acceptors (Lipinski definition) is 4. The van der Waals surface area contributed by atoms with Gasteiger partial charge in [0.1, 0.15) is 6.10 Å². The van der Waals surface area contributed by atoms with Crippen molar-refractivity contribution in [2.45, 2.75) is 17.9 Å². The fourth-order valence-electron chi connectivity index (χ4n) is 2.45. The van der Waals surface area contributed by atoms with Gasteiger partial charge in [0.15, 0.2) is 5.78 Å². The molecule has 3 rings (SSSR count). The smallest absolute Gasteiger partial charge is 0.291 e. The quantitative estimate of drug-likeness (QED) is 0.523. The summed E-state index contributed by atoms with van der Waals surface area (Å²) in [4.78, 5) is 12.3. The molecular formula is C19H16O4S. The van der Waals surface area contributed by atoms with E-state index >= 15 is 0 Å². The Morgan fingerprint density at radius 2 is 1.50 bits per heavy atom. The highest BCUT2D eigenvalue weighted by Crippen LogP contribution is 2.22. The average molecular weight is 340 g/mol. The van der Waals surface area contributed by atoms with Crippen LogP contribution in [0.25, 0.3) is 10.8 Å². The van der Waals surface area contributed by atoms with E-state index in [0.717, 1.165) is 10.8 Å². The molecule has 0 aliphatic heterocycles. The second-order valence-electron chi connectivity index (χ2n) is 5.43.